The molecule has 4 rings (SSSR count). The smallest absolute Gasteiger partial charge is 0.339 e. The lowest BCUT2D eigenvalue weighted by molar-refractivity contribution is -0.133. The van der Waals surface area contributed by atoms with Crippen molar-refractivity contribution < 1.29 is 27.9 Å². The van der Waals surface area contributed by atoms with Crippen molar-refractivity contribution in [3.05, 3.63) is 112 Å². The molecule has 7 nitrogen and oxygen atoms in total. The molecular formula is C31H33NO6S. The highest BCUT2D eigenvalue weighted by atomic mass is 32.2. The summed E-state index contributed by atoms with van der Waals surface area (Å²) in [7, 11) is -3.24. The monoisotopic (exact) mass is 547 g/mol. The Kier molecular flexibility index (Phi) is 7.82. The summed E-state index contributed by atoms with van der Waals surface area (Å²) in [5.74, 6) is -2.00. The number of carboxylic acid groups (broad SMARTS) is 1. The van der Waals surface area contributed by atoms with E-state index in [9.17, 15) is 23.1 Å². The zero-order valence-electron chi connectivity index (χ0n) is 22.7. The van der Waals surface area contributed by atoms with Crippen molar-refractivity contribution in [2.75, 3.05) is 7.11 Å². The minimum atomic E-state index is -4.43. The number of rotatable bonds is 6. The van der Waals surface area contributed by atoms with Crippen LogP contribution < -0.4 is 0 Å². The molecule has 1 aliphatic rings. The number of hydrogen-bond donors (Lipinski definition) is 1. The van der Waals surface area contributed by atoms with Crippen LogP contribution in [-0.4, -0.2) is 36.9 Å². The van der Waals surface area contributed by atoms with Crippen LogP contribution in [0, 0.1) is 6.92 Å². The number of nitrogens with zero attached hydrogens (tertiary/aromatic N) is 1. The number of aryl methyl sites for hydroxylation is 1. The number of carbonyl (C=O) groups is 2. The van der Waals surface area contributed by atoms with Crippen LogP contribution in [0.25, 0.3) is 0 Å². The first-order valence-corrected chi connectivity index (χ1v) is 14.1. The second-order valence-electron chi connectivity index (χ2n) is 10.7. The molecule has 0 spiro atoms. The predicted molar refractivity (Wildman–Crippen MR) is 149 cm³/mol. The average Bonchev–Trinajstić information content (AvgIpc) is 2.91. The summed E-state index contributed by atoms with van der Waals surface area (Å²) >= 11 is 0. The predicted octanol–water partition coefficient (Wildman–Crippen LogP) is 5.97. The highest BCUT2D eigenvalue weighted by molar-refractivity contribution is 7.89. The van der Waals surface area contributed by atoms with Crippen LogP contribution in [0.3, 0.4) is 0 Å². The summed E-state index contributed by atoms with van der Waals surface area (Å²) in [5, 5.41) is 10.2. The summed E-state index contributed by atoms with van der Waals surface area (Å²) < 4.78 is 35.2. The molecule has 0 aliphatic carbocycles. The van der Waals surface area contributed by atoms with Gasteiger partial charge >= 0.3 is 11.9 Å². The molecule has 8 heteroatoms. The summed E-state index contributed by atoms with van der Waals surface area (Å²) in [6.07, 6.45) is 1.76. The molecule has 0 saturated carbocycles. The summed E-state index contributed by atoms with van der Waals surface area (Å²) in [6, 6.07) is 18.9. The summed E-state index contributed by atoms with van der Waals surface area (Å²) in [5.41, 5.74) is 2.98. The number of esters is 1. The molecule has 0 bridgehead atoms. The molecule has 0 unspecified atom stereocenters. The van der Waals surface area contributed by atoms with E-state index < -0.39 is 34.0 Å². The molecule has 0 saturated heterocycles. The van der Waals surface area contributed by atoms with Crippen LogP contribution >= 0.6 is 0 Å². The number of carboxylic acids is 1. The van der Waals surface area contributed by atoms with E-state index in [0.717, 1.165) is 16.7 Å². The summed E-state index contributed by atoms with van der Waals surface area (Å²) in [4.78, 5) is 24.9. The van der Waals surface area contributed by atoms with Gasteiger partial charge in [-0.15, -0.1) is 0 Å². The minimum absolute atomic E-state index is 0.0407. The molecule has 3 aromatic rings. The largest absolute Gasteiger partial charge is 0.478 e. The number of ether oxygens (including phenoxy) is 1. The van der Waals surface area contributed by atoms with E-state index in [4.69, 9.17) is 4.74 Å². The van der Waals surface area contributed by atoms with Crippen molar-refractivity contribution in [3.8, 4) is 0 Å². The van der Waals surface area contributed by atoms with Crippen molar-refractivity contribution in [1.82, 2.24) is 4.31 Å². The van der Waals surface area contributed by atoms with Crippen molar-refractivity contribution in [1.29, 1.82) is 0 Å². The molecule has 0 aromatic heterocycles. The molecule has 1 aliphatic heterocycles. The van der Waals surface area contributed by atoms with Gasteiger partial charge in [0.1, 0.15) is 0 Å². The number of methoxy groups -OCH3 is 1. The Balaban J connectivity index is 2.00. The Morgan fingerprint density at radius 2 is 1.51 bits per heavy atom. The van der Waals surface area contributed by atoms with Gasteiger partial charge in [0.15, 0.2) is 0 Å². The molecule has 1 heterocycles. The fourth-order valence-electron chi connectivity index (χ4n) is 4.93. The van der Waals surface area contributed by atoms with Crippen molar-refractivity contribution >= 4 is 22.0 Å². The fourth-order valence-corrected chi connectivity index (χ4v) is 6.89. The molecule has 0 radical (unpaired) electrons. The fraction of sp³-hybridized carbons (Fsp3) is 0.290. The molecule has 204 valence electrons. The van der Waals surface area contributed by atoms with Crippen molar-refractivity contribution in [3.63, 3.8) is 0 Å². The van der Waals surface area contributed by atoms with E-state index in [1.807, 2.05) is 43.3 Å². The van der Waals surface area contributed by atoms with Crippen LogP contribution in [0.5, 0.6) is 0 Å². The van der Waals surface area contributed by atoms with E-state index in [2.05, 4.69) is 20.8 Å². The molecular weight excluding hydrogens is 514 g/mol. The second-order valence-corrected chi connectivity index (χ2v) is 12.5. The second kappa shape index (κ2) is 10.8. The quantitative estimate of drug-likeness (QED) is 0.382. The number of sulfonamides is 1. The first-order chi connectivity index (χ1) is 18.4. The van der Waals surface area contributed by atoms with Gasteiger partial charge in [0, 0.05) is 0 Å². The van der Waals surface area contributed by atoms with Crippen LogP contribution in [-0.2, 0) is 25.0 Å². The average molecular weight is 548 g/mol. The van der Waals surface area contributed by atoms with Gasteiger partial charge in [-0.05, 0) is 47.6 Å². The molecule has 0 fully saturated rings. The SMILES string of the molecule is COC(=O)c1ccccc1S(=O)(=O)N1[C@@H](c2ccc(C(C)(C)C)cc2)C(C(=O)O)=CC[C@H]1c1ccc(C)cc1. The Morgan fingerprint density at radius 3 is 2.08 bits per heavy atom. The van der Waals surface area contributed by atoms with Gasteiger partial charge in [-0.1, -0.05) is 93.1 Å². The highest BCUT2D eigenvalue weighted by Gasteiger charge is 2.45. The van der Waals surface area contributed by atoms with Crippen LogP contribution in [0.15, 0.2) is 89.3 Å². The maximum Gasteiger partial charge on any atom is 0.339 e. The van der Waals surface area contributed by atoms with Gasteiger partial charge in [0.05, 0.1) is 35.2 Å². The lowest BCUT2D eigenvalue weighted by atomic mass is 9.84. The molecule has 0 amide bonds. The lowest BCUT2D eigenvalue weighted by Gasteiger charge is -2.41. The van der Waals surface area contributed by atoms with Gasteiger partial charge in [-0.3, -0.25) is 0 Å². The summed E-state index contributed by atoms with van der Waals surface area (Å²) in [6.45, 7) is 8.14. The lowest BCUT2D eigenvalue weighted by Crippen LogP contribution is -2.43. The maximum absolute atomic E-state index is 14.6. The van der Waals surface area contributed by atoms with Gasteiger partial charge < -0.3 is 9.84 Å². The zero-order chi connectivity index (χ0) is 28.5. The third kappa shape index (κ3) is 5.53. The zero-order valence-corrected chi connectivity index (χ0v) is 23.5. The minimum Gasteiger partial charge on any atom is -0.478 e. The topological polar surface area (TPSA) is 101 Å². The number of aliphatic carboxylic acids is 1. The van der Waals surface area contributed by atoms with Gasteiger partial charge in [0.25, 0.3) is 0 Å². The van der Waals surface area contributed by atoms with Gasteiger partial charge in [0.2, 0.25) is 10.0 Å². The van der Waals surface area contributed by atoms with E-state index in [-0.39, 0.29) is 27.9 Å². The van der Waals surface area contributed by atoms with Crippen LogP contribution in [0.4, 0.5) is 0 Å². The number of hydrogen-bond acceptors (Lipinski definition) is 5. The van der Waals surface area contributed by atoms with Crippen LogP contribution in [0.2, 0.25) is 0 Å². The molecule has 2 atom stereocenters. The number of carbonyl (C=O) groups excluding carboxylic acids is 1. The maximum atomic E-state index is 14.6. The first-order valence-electron chi connectivity index (χ1n) is 12.7. The van der Waals surface area contributed by atoms with E-state index in [1.165, 1.54) is 29.6 Å². The van der Waals surface area contributed by atoms with Crippen molar-refractivity contribution in [2.24, 2.45) is 0 Å². The van der Waals surface area contributed by atoms with Crippen molar-refractivity contribution in [2.45, 2.75) is 56.5 Å². The molecule has 3 aromatic carbocycles. The van der Waals surface area contributed by atoms with Gasteiger partial charge in [-0.2, -0.15) is 4.31 Å². The van der Waals surface area contributed by atoms with Gasteiger partial charge in [-0.25, -0.2) is 18.0 Å². The van der Waals surface area contributed by atoms with Crippen LogP contribution in [0.1, 0.15) is 71.9 Å². The Morgan fingerprint density at radius 1 is 0.923 bits per heavy atom. The Hall–Kier alpha value is -3.75. The normalized spacial score (nSPS) is 18.3. The third-order valence-corrected chi connectivity index (χ3v) is 9.00. The molecule has 39 heavy (non-hydrogen) atoms. The standard InChI is InChI=1S/C31H33NO6S/c1-20-10-12-21(13-11-20)26-19-18-25(29(33)34)28(22-14-16-23(17-15-22)31(2,3)4)32(26)39(36,37)27-9-7-6-8-24(27)30(35)38-5/h6-18,26,28H,19H2,1-5H3,(H,33,34)/t26-,28-/m0/s1. The Labute approximate surface area is 229 Å². The van der Waals surface area contributed by atoms with E-state index >= 15 is 0 Å². The number of benzene rings is 3. The van der Waals surface area contributed by atoms with E-state index in [1.54, 1.807) is 24.3 Å². The highest BCUT2D eigenvalue weighted by Crippen LogP contribution is 2.46. The Bertz CT molecular complexity index is 1520. The molecule has 1 N–H and O–H groups in total. The third-order valence-electron chi connectivity index (χ3n) is 7.07. The first kappa shape index (κ1) is 28.3. The van der Waals surface area contributed by atoms with E-state index in [0.29, 0.717) is 5.56 Å².